The number of hydrogen-bond donors (Lipinski definition) is 0. The molecule has 0 saturated carbocycles. The van der Waals surface area contributed by atoms with Crippen LogP contribution in [0.5, 0.6) is 5.75 Å². The highest BCUT2D eigenvalue weighted by atomic mass is 35.5. The normalized spacial score (nSPS) is 10.7. The molecule has 0 saturated heterocycles. The lowest BCUT2D eigenvalue weighted by atomic mass is 10.3. The summed E-state index contributed by atoms with van der Waals surface area (Å²) in [5, 5.41) is 0.875. The van der Waals surface area contributed by atoms with Gasteiger partial charge in [-0.15, -0.1) is 0 Å². The maximum absolute atomic E-state index is 10.0. The van der Waals surface area contributed by atoms with E-state index in [1.165, 1.54) is 6.07 Å². The van der Waals surface area contributed by atoms with Crippen molar-refractivity contribution in [3.05, 3.63) is 28.2 Å². The van der Waals surface area contributed by atoms with Gasteiger partial charge in [-0.1, -0.05) is 23.2 Å². The Labute approximate surface area is 98.3 Å². The molecule has 1 aromatic carbocycles. The molecule has 0 aliphatic rings. The monoisotopic (exact) mass is 268 g/mol. The zero-order valence-electron chi connectivity index (χ0n) is 7.48. The fourth-order valence-corrected chi connectivity index (χ4v) is 1.54. The molecule has 0 unspecified atom stereocenters. The fraction of sp³-hybridized carbons (Fsp3) is 0.250. The highest BCUT2D eigenvalue weighted by molar-refractivity contribution is 7.36. The average molecular weight is 269 g/mol. The lowest BCUT2D eigenvalue weighted by molar-refractivity contribution is -0.318. The lowest BCUT2D eigenvalue weighted by Gasteiger charge is -2.28. The predicted octanol–water partition coefficient (Wildman–Crippen LogP) is 1.34. The first-order chi connectivity index (χ1) is 7.09. The molecule has 0 aliphatic heterocycles. The van der Waals surface area contributed by atoms with Gasteiger partial charge in [0.25, 0.3) is 0 Å². The summed E-state index contributed by atoms with van der Waals surface area (Å²) in [4.78, 5) is 20.1. The topological polar surface area (TPSA) is 64.6 Å². The first-order valence-electron chi connectivity index (χ1n) is 3.95. The quantitative estimate of drug-likeness (QED) is 0.597. The molecule has 0 aromatic heterocycles. The lowest BCUT2D eigenvalue weighted by Crippen LogP contribution is -2.14. The van der Waals surface area contributed by atoms with Crippen LogP contribution in [0.15, 0.2) is 18.2 Å². The maximum Gasteiger partial charge on any atom is 0.138 e. The summed E-state index contributed by atoms with van der Waals surface area (Å²) in [6.07, 6.45) is 0. The van der Waals surface area contributed by atoms with Crippen LogP contribution in [0.4, 0.5) is 0 Å². The Morgan fingerprint density at radius 2 is 1.93 bits per heavy atom. The van der Waals surface area contributed by atoms with Crippen molar-refractivity contribution in [2.75, 3.05) is 13.2 Å². The Hall–Kier alpha value is -0.0900. The third-order valence-corrected chi connectivity index (χ3v) is 2.36. The second kappa shape index (κ2) is 6.48. The molecule has 0 amide bonds. The Morgan fingerprint density at radius 1 is 1.20 bits per heavy atom. The van der Waals surface area contributed by atoms with Gasteiger partial charge in [-0.05, 0) is 18.2 Å². The van der Waals surface area contributed by atoms with Crippen molar-refractivity contribution in [2.45, 2.75) is 0 Å². The summed E-state index contributed by atoms with van der Waals surface area (Å²) in [7, 11) is -2.83. The van der Waals surface area contributed by atoms with Gasteiger partial charge in [0.1, 0.15) is 12.4 Å². The minimum atomic E-state index is -2.83. The van der Waals surface area contributed by atoms with Crippen molar-refractivity contribution in [2.24, 2.45) is 0 Å². The Kier molecular flexibility index (Phi) is 5.61. The number of ether oxygens (including phenoxy) is 1. The molecule has 15 heavy (non-hydrogen) atoms. The molecule has 0 N–H and O–H groups in total. The summed E-state index contributed by atoms with van der Waals surface area (Å²) < 4.78 is 9.45. The van der Waals surface area contributed by atoms with Crippen LogP contribution in [0.3, 0.4) is 0 Å². The van der Waals surface area contributed by atoms with E-state index in [1.54, 1.807) is 12.1 Å². The van der Waals surface area contributed by atoms with Crippen LogP contribution in [-0.4, -0.2) is 13.2 Å². The van der Waals surface area contributed by atoms with Gasteiger partial charge in [-0.2, -0.15) is 8.60 Å². The maximum atomic E-state index is 10.0. The van der Waals surface area contributed by atoms with Crippen molar-refractivity contribution in [1.29, 1.82) is 0 Å². The molecule has 4 nitrogen and oxygen atoms in total. The van der Waals surface area contributed by atoms with Crippen LogP contribution >= 0.6 is 31.8 Å². The molecule has 0 radical (unpaired) electrons. The van der Waals surface area contributed by atoms with Gasteiger partial charge in [-0.25, -0.2) is 0 Å². The largest absolute Gasteiger partial charge is 0.820 e. The molecule has 0 bridgehead atoms. The molecule has 84 valence electrons. The van der Waals surface area contributed by atoms with Crippen LogP contribution in [0.1, 0.15) is 0 Å². The van der Waals surface area contributed by atoms with E-state index in [0.717, 1.165) is 0 Å². The standard InChI is InChI=1S/C8H7Cl2O4P/c9-6-1-2-8(7(10)5-6)13-3-4-14-15(11)12/h1-2,5H,3-4H2/q-2. The first kappa shape index (κ1) is 13.0. The summed E-state index contributed by atoms with van der Waals surface area (Å²) >= 11 is 11.5. The van der Waals surface area contributed by atoms with Crippen molar-refractivity contribution in [1.82, 2.24) is 0 Å². The van der Waals surface area contributed by atoms with Gasteiger partial charge >= 0.3 is 0 Å². The SMILES string of the molecule is [O-]P([O-])OCCOc1ccc(Cl)cc1Cl. The van der Waals surface area contributed by atoms with Crippen LogP contribution in [0.25, 0.3) is 0 Å². The van der Waals surface area contributed by atoms with E-state index in [9.17, 15) is 9.79 Å². The summed E-state index contributed by atoms with van der Waals surface area (Å²) in [5.41, 5.74) is 0. The highest BCUT2D eigenvalue weighted by Crippen LogP contribution is 2.27. The second-order valence-electron chi connectivity index (χ2n) is 2.48. The van der Waals surface area contributed by atoms with E-state index in [2.05, 4.69) is 4.52 Å². The second-order valence-corrected chi connectivity index (χ2v) is 4.03. The summed E-state index contributed by atoms with van der Waals surface area (Å²) in [6.45, 7) is 0.0579. The van der Waals surface area contributed by atoms with E-state index >= 15 is 0 Å². The smallest absolute Gasteiger partial charge is 0.138 e. The molecule has 1 rings (SSSR count). The van der Waals surface area contributed by atoms with Gasteiger partial charge in [0.2, 0.25) is 0 Å². The zero-order chi connectivity index (χ0) is 11.3. The molecule has 0 aliphatic carbocycles. The number of hydrogen-bond acceptors (Lipinski definition) is 4. The number of benzene rings is 1. The Bertz CT molecular complexity index is 322. The Morgan fingerprint density at radius 3 is 2.53 bits per heavy atom. The third-order valence-electron chi connectivity index (χ3n) is 1.43. The van der Waals surface area contributed by atoms with E-state index < -0.39 is 8.60 Å². The molecular formula is C8H7Cl2O4P-2. The van der Waals surface area contributed by atoms with Gasteiger partial charge in [0.05, 0.1) is 11.6 Å². The van der Waals surface area contributed by atoms with E-state index in [4.69, 9.17) is 27.9 Å². The summed E-state index contributed by atoms with van der Waals surface area (Å²) in [6, 6.07) is 4.76. The predicted molar refractivity (Wildman–Crippen MR) is 54.8 cm³/mol. The van der Waals surface area contributed by atoms with Crippen molar-refractivity contribution >= 4 is 31.8 Å². The fourth-order valence-electron chi connectivity index (χ4n) is 0.856. The van der Waals surface area contributed by atoms with E-state index in [-0.39, 0.29) is 13.2 Å². The minimum Gasteiger partial charge on any atom is -0.820 e. The number of rotatable bonds is 5. The average Bonchev–Trinajstić information content (AvgIpc) is 2.14. The van der Waals surface area contributed by atoms with Gasteiger partial charge < -0.3 is 19.0 Å². The molecule has 7 heteroatoms. The van der Waals surface area contributed by atoms with Crippen LogP contribution in [-0.2, 0) is 4.52 Å². The first-order valence-corrected chi connectivity index (χ1v) is 5.80. The molecule has 0 spiro atoms. The molecule has 0 heterocycles. The van der Waals surface area contributed by atoms with Crippen LogP contribution in [0.2, 0.25) is 10.0 Å². The van der Waals surface area contributed by atoms with Gasteiger partial charge in [0.15, 0.2) is 0 Å². The third kappa shape index (κ3) is 4.98. The molecule has 0 fully saturated rings. The number of halogens is 2. The molecule has 1 aromatic rings. The van der Waals surface area contributed by atoms with Crippen molar-refractivity contribution in [3.8, 4) is 5.75 Å². The van der Waals surface area contributed by atoms with Crippen LogP contribution in [0, 0.1) is 0 Å². The zero-order valence-corrected chi connectivity index (χ0v) is 9.89. The minimum absolute atomic E-state index is 0.0440. The van der Waals surface area contributed by atoms with E-state index in [1.807, 2.05) is 0 Å². The van der Waals surface area contributed by atoms with Crippen LogP contribution < -0.4 is 14.5 Å². The van der Waals surface area contributed by atoms with Gasteiger partial charge in [-0.3, -0.25) is 0 Å². The molecular weight excluding hydrogens is 262 g/mol. The Balaban J connectivity index is 2.37. The van der Waals surface area contributed by atoms with Gasteiger partial charge in [0, 0.05) is 5.02 Å². The highest BCUT2D eigenvalue weighted by Gasteiger charge is 2.01. The summed E-state index contributed by atoms with van der Waals surface area (Å²) in [5.74, 6) is 0.436. The molecule has 0 atom stereocenters. The van der Waals surface area contributed by atoms with E-state index in [0.29, 0.717) is 15.8 Å². The van der Waals surface area contributed by atoms with Crippen molar-refractivity contribution in [3.63, 3.8) is 0 Å². The van der Waals surface area contributed by atoms with Crippen molar-refractivity contribution < 1.29 is 19.0 Å².